The molecule has 0 aliphatic rings. The Kier molecular flexibility index (Phi) is 8.58. The number of hydrogen-bond donors (Lipinski definition) is 2. The van der Waals surface area contributed by atoms with Gasteiger partial charge < -0.3 is 10.4 Å². The highest BCUT2D eigenvalue weighted by molar-refractivity contribution is 6.30. The lowest BCUT2D eigenvalue weighted by atomic mass is 9.99. The van der Waals surface area contributed by atoms with Crippen molar-refractivity contribution in [3.8, 4) is 0 Å². The van der Waals surface area contributed by atoms with Crippen molar-refractivity contribution in [3.63, 3.8) is 0 Å². The molecule has 0 saturated carbocycles. The Bertz CT molecular complexity index is 637. The summed E-state index contributed by atoms with van der Waals surface area (Å²) in [5, 5.41) is 13.4. The molecule has 2 N–H and O–H groups in total. The fourth-order valence-corrected chi connectivity index (χ4v) is 3.01. The number of aliphatic hydroxyl groups excluding tert-OH is 1. The van der Waals surface area contributed by atoms with Crippen molar-refractivity contribution in [1.29, 1.82) is 0 Å². The molecule has 0 amide bonds. The molecule has 0 radical (unpaired) electrons. The first-order chi connectivity index (χ1) is 12.2. The van der Waals surface area contributed by atoms with Gasteiger partial charge in [0.25, 0.3) is 0 Å². The number of aliphatic hydroxyl groups is 1. The van der Waals surface area contributed by atoms with Crippen molar-refractivity contribution in [3.05, 3.63) is 76.8 Å². The predicted molar refractivity (Wildman–Crippen MR) is 108 cm³/mol. The van der Waals surface area contributed by atoms with E-state index in [9.17, 15) is 0 Å². The van der Waals surface area contributed by atoms with E-state index in [1.54, 1.807) is 0 Å². The summed E-state index contributed by atoms with van der Waals surface area (Å²) < 4.78 is 0. The summed E-state index contributed by atoms with van der Waals surface area (Å²) in [6, 6.07) is 18.8. The van der Waals surface area contributed by atoms with Crippen molar-refractivity contribution in [2.24, 2.45) is 0 Å². The summed E-state index contributed by atoms with van der Waals surface area (Å²) in [5.74, 6) is 0. The van der Waals surface area contributed by atoms with Gasteiger partial charge in [0.15, 0.2) is 0 Å². The van der Waals surface area contributed by atoms with Crippen LogP contribution in [-0.4, -0.2) is 17.8 Å². The van der Waals surface area contributed by atoms with Gasteiger partial charge in [-0.25, -0.2) is 0 Å². The van der Waals surface area contributed by atoms with Gasteiger partial charge in [0.05, 0.1) is 0 Å². The quantitative estimate of drug-likeness (QED) is 0.412. The zero-order chi connectivity index (χ0) is 17.9. The molecule has 25 heavy (non-hydrogen) atoms. The highest BCUT2D eigenvalue weighted by Crippen LogP contribution is 2.20. The van der Waals surface area contributed by atoms with Crippen molar-refractivity contribution in [2.45, 2.75) is 45.1 Å². The molecule has 0 bridgehead atoms. The Morgan fingerprint density at radius 3 is 2.48 bits per heavy atom. The second kappa shape index (κ2) is 11.0. The third-order valence-corrected chi connectivity index (χ3v) is 4.53. The van der Waals surface area contributed by atoms with Crippen LogP contribution >= 0.6 is 11.6 Å². The lowest BCUT2D eigenvalue weighted by Gasteiger charge is -2.20. The van der Waals surface area contributed by atoms with Crippen molar-refractivity contribution in [2.75, 3.05) is 11.9 Å². The highest BCUT2D eigenvalue weighted by Gasteiger charge is 2.09. The first-order valence-corrected chi connectivity index (χ1v) is 9.37. The maximum absolute atomic E-state index is 9.05. The zero-order valence-electron chi connectivity index (χ0n) is 14.9. The largest absolute Gasteiger partial charge is 0.396 e. The van der Waals surface area contributed by atoms with Gasteiger partial charge in [-0.3, -0.25) is 0 Å². The number of unbranched alkanes of at least 4 members (excludes halogenated alkanes) is 1. The van der Waals surface area contributed by atoms with Gasteiger partial charge >= 0.3 is 0 Å². The average molecular weight is 358 g/mol. The van der Waals surface area contributed by atoms with E-state index in [0.717, 1.165) is 42.8 Å². The molecule has 0 spiro atoms. The maximum atomic E-state index is 9.05. The average Bonchev–Trinajstić information content (AvgIpc) is 2.63. The van der Waals surface area contributed by atoms with Crippen LogP contribution in [-0.2, 0) is 6.42 Å². The lowest BCUT2D eigenvalue weighted by Crippen LogP contribution is -2.20. The van der Waals surface area contributed by atoms with Crippen LogP contribution in [0.25, 0.3) is 0 Å². The molecular formula is C22H28ClNO. The van der Waals surface area contributed by atoms with Crippen LogP contribution in [0, 0.1) is 0 Å². The molecular weight excluding hydrogens is 330 g/mol. The van der Waals surface area contributed by atoms with Crippen LogP contribution < -0.4 is 5.32 Å². The van der Waals surface area contributed by atoms with E-state index < -0.39 is 0 Å². The molecule has 0 saturated heterocycles. The van der Waals surface area contributed by atoms with Gasteiger partial charge in [0, 0.05) is 23.4 Å². The minimum atomic E-state index is 0.260. The van der Waals surface area contributed by atoms with Gasteiger partial charge in [-0.15, -0.1) is 0 Å². The number of rotatable bonds is 10. The van der Waals surface area contributed by atoms with E-state index in [1.165, 1.54) is 11.1 Å². The fourth-order valence-electron chi connectivity index (χ4n) is 2.89. The summed E-state index contributed by atoms with van der Waals surface area (Å²) in [6.45, 7) is 2.46. The van der Waals surface area contributed by atoms with Crippen molar-refractivity contribution >= 4 is 17.3 Å². The minimum Gasteiger partial charge on any atom is -0.396 e. The summed E-state index contributed by atoms with van der Waals surface area (Å²) in [5.41, 5.74) is 3.82. The first-order valence-electron chi connectivity index (χ1n) is 9.00. The van der Waals surface area contributed by atoms with Crippen molar-refractivity contribution in [1.82, 2.24) is 0 Å². The van der Waals surface area contributed by atoms with Gasteiger partial charge in [-0.05, 0) is 68.9 Å². The third-order valence-electron chi connectivity index (χ3n) is 4.27. The Morgan fingerprint density at radius 1 is 1.08 bits per heavy atom. The van der Waals surface area contributed by atoms with Crippen molar-refractivity contribution < 1.29 is 5.11 Å². The van der Waals surface area contributed by atoms with Gasteiger partial charge in [-0.1, -0.05) is 53.6 Å². The molecule has 0 heterocycles. The molecule has 0 aliphatic carbocycles. The lowest BCUT2D eigenvalue weighted by molar-refractivity contribution is 0.281. The Labute approximate surface area is 156 Å². The van der Waals surface area contributed by atoms with Crippen LogP contribution in [0.1, 0.15) is 38.2 Å². The zero-order valence-corrected chi connectivity index (χ0v) is 15.7. The fraction of sp³-hybridized carbons (Fsp3) is 0.364. The predicted octanol–water partition coefficient (Wildman–Crippen LogP) is 5.86. The number of halogens is 1. The smallest absolute Gasteiger partial charge is 0.0431 e. The van der Waals surface area contributed by atoms with Gasteiger partial charge in [0.1, 0.15) is 0 Å². The number of anilines is 1. The Balaban J connectivity index is 1.94. The normalized spacial score (nSPS) is 12.8. The first kappa shape index (κ1) is 19.6. The van der Waals surface area contributed by atoms with Crippen LogP contribution in [0.2, 0.25) is 5.02 Å². The highest BCUT2D eigenvalue weighted by atomic mass is 35.5. The molecule has 2 nitrogen and oxygen atoms in total. The Morgan fingerprint density at radius 2 is 1.80 bits per heavy atom. The molecule has 134 valence electrons. The van der Waals surface area contributed by atoms with Crippen LogP contribution in [0.15, 0.2) is 66.2 Å². The molecule has 1 atom stereocenters. The summed E-state index contributed by atoms with van der Waals surface area (Å²) >= 11 is 5.97. The topological polar surface area (TPSA) is 32.3 Å². The van der Waals surface area contributed by atoms with Gasteiger partial charge in [-0.2, -0.15) is 0 Å². The van der Waals surface area contributed by atoms with E-state index in [4.69, 9.17) is 16.7 Å². The van der Waals surface area contributed by atoms with E-state index in [2.05, 4.69) is 42.6 Å². The standard InChI is InChI=1S/C22H28ClNO/c1-18(10-11-19-7-3-2-4-8-19)17-22(9-5-6-16-25)24-21-14-12-20(23)13-15-21/h2-4,7-8,10,12-15,22,24-25H,5-6,9,11,16-17H2,1H3/b18-10+. The number of nitrogens with one attached hydrogen (secondary N) is 1. The van der Waals surface area contributed by atoms with E-state index in [1.807, 2.05) is 30.3 Å². The molecule has 2 aromatic rings. The summed E-state index contributed by atoms with van der Waals surface area (Å²) in [6.07, 6.45) is 7.20. The van der Waals surface area contributed by atoms with Crippen LogP contribution in [0.5, 0.6) is 0 Å². The van der Waals surface area contributed by atoms with E-state index >= 15 is 0 Å². The number of benzene rings is 2. The summed E-state index contributed by atoms with van der Waals surface area (Å²) in [4.78, 5) is 0. The molecule has 0 aliphatic heterocycles. The van der Waals surface area contributed by atoms with E-state index in [-0.39, 0.29) is 6.61 Å². The maximum Gasteiger partial charge on any atom is 0.0431 e. The van der Waals surface area contributed by atoms with Gasteiger partial charge in [0.2, 0.25) is 0 Å². The molecule has 1 unspecified atom stereocenters. The van der Waals surface area contributed by atoms with Crippen LogP contribution in [0.3, 0.4) is 0 Å². The monoisotopic (exact) mass is 357 g/mol. The van der Waals surface area contributed by atoms with E-state index in [0.29, 0.717) is 6.04 Å². The SMILES string of the molecule is C/C(=C\Cc1ccccc1)CC(CCCCO)Nc1ccc(Cl)cc1. The van der Waals surface area contributed by atoms with Crippen LogP contribution in [0.4, 0.5) is 5.69 Å². The minimum absolute atomic E-state index is 0.260. The molecule has 2 rings (SSSR count). The molecule has 2 aromatic carbocycles. The molecule has 0 aromatic heterocycles. The second-order valence-corrected chi connectivity index (χ2v) is 6.95. The summed E-state index contributed by atoms with van der Waals surface area (Å²) in [7, 11) is 0. The third kappa shape index (κ3) is 7.76. The second-order valence-electron chi connectivity index (χ2n) is 6.51. The Hall–Kier alpha value is -1.77. The molecule has 0 fully saturated rings. The number of hydrogen-bond acceptors (Lipinski definition) is 2. The number of allylic oxidation sites excluding steroid dienone is 1. The molecule has 3 heteroatoms.